The SMILES string of the molecule is O=C(CO/N=C/c1ccccc1)N=Nc1c(O)n(CN2CCCC2)c2ccccc12. The summed E-state index contributed by atoms with van der Waals surface area (Å²) >= 11 is 0. The van der Waals surface area contributed by atoms with Crippen molar-refractivity contribution in [3.63, 3.8) is 0 Å². The quantitative estimate of drug-likeness (QED) is 0.364. The molecule has 1 aliphatic rings. The van der Waals surface area contributed by atoms with E-state index in [0.717, 1.165) is 42.4 Å². The van der Waals surface area contributed by atoms with Gasteiger partial charge < -0.3 is 9.94 Å². The molecule has 1 aliphatic heterocycles. The second-order valence-corrected chi connectivity index (χ2v) is 7.10. The van der Waals surface area contributed by atoms with Crippen LogP contribution in [0, 0.1) is 0 Å². The maximum atomic E-state index is 12.0. The fraction of sp³-hybridized carbons (Fsp3) is 0.273. The van der Waals surface area contributed by atoms with Crippen molar-refractivity contribution < 1.29 is 14.7 Å². The summed E-state index contributed by atoms with van der Waals surface area (Å²) in [6.45, 7) is 2.25. The topological polar surface area (TPSA) is 91.8 Å². The Morgan fingerprint density at radius 2 is 1.80 bits per heavy atom. The van der Waals surface area contributed by atoms with E-state index in [0.29, 0.717) is 6.67 Å². The van der Waals surface area contributed by atoms with Gasteiger partial charge in [-0.2, -0.15) is 0 Å². The Labute approximate surface area is 174 Å². The number of benzene rings is 2. The molecular formula is C22H23N5O3. The Kier molecular flexibility index (Phi) is 6.14. The number of oxime groups is 1. The average Bonchev–Trinajstić information content (AvgIpc) is 3.38. The van der Waals surface area contributed by atoms with E-state index in [9.17, 15) is 9.90 Å². The number of likely N-dealkylation sites (tertiary alicyclic amines) is 1. The Morgan fingerprint density at radius 3 is 2.60 bits per heavy atom. The van der Waals surface area contributed by atoms with Gasteiger partial charge in [0.1, 0.15) is 0 Å². The predicted molar refractivity (Wildman–Crippen MR) is 114 cm³/mol. The Balaban J connectivity index is 1.44. The zero-order valence-corrected chi connectivity index (χ0v) is 16.5. The summed E-state index contributed by atoms with van der Waals surface area (Å²) in [6, 6.07) is 17.0. The van der Waals surface area contributed by atoms with Gasteiger partial charge >= 0.3 is 5.91 Å². The zero-order chi connectivity index (χ0) is 20.8. The van der Waals surface area contributed by atoms with Crippen molar-refractivity contribution in [2.45, 2.75) is 19.5 Å². The maximum Gasteiger partial charge on any atom is 0.304 e. The normalized spacial score (nSPS) is 14.9. The highest BCUT2D eigenvalue weighted by molar-refractivity contribution is 5.95. The van der Waals surface area contributed by atoms with Crippen LogP contribution in [-0.2, 0) is 16.3 Å². The summed E-state index contributed by atoms with van der Waals surface area (Å²) < 4.78 is 1.81. The van der Waals surface area contributed by atoms with Gasteiger partial charge in [-0.1, -0.05) is 53.7 Å². The molecule has 8 nitrogen and oxygen atoms in total. The third-order valence-corrected chi connectivity index (χ3v) is 4.98. The number of azo groups is 1. The highest BCUT2D eigenvalue weighted by Crippen LogP contribution is 2.39. The second-order valence-electron chi connectivity index (χ2n) is 7.10. The first-order chi connectivity index (χ1) is 14.7. The maximum absolute atomic E-state index is 12.0. The lowest BCUT2D eigenvalue weighted by Gasteiger charge is -2.17. The summed E-state index contributed by atoms with van der Waals surface area (Å²) in [5.74, 6) is -0.585. The van der Waals surface area contributed by atoms with Gasteiger partial charge in [0.2, 0.25) is 5.88 Å². The number of hydrogen-bond acceptors (Lipinski definition) is 6. The van der Waals surface area contributed by atoms with E-state index in [1.165, 1.54) is 6.21 Å². The molecule has 8 heteroatoms. The van der Waals surface area contributed by atoms with Crippen LogP contribution in [0.3, 0.4) is 0 Å². The van der Waals surface area contributed by atoms with Gasteiger partial charge in [0.15, 0.2) is 12.3 Å². The fourth-order valence-corrected chi connectivity index (χ4v) is 3.50. The molecule has 0 spiro atoms. The molecular weight excluding hydrogens is 382 g/mol. The second kappa shape index (κ2) is 9.32. The lowest BCUT2D eigenvalue weighted by atomic mass is 10.2. The van der Waals surface area contributed by atoms with Gasteiger partial charge in [-0.3, -0.25) is 14.3 Å². The van der Waals surface area contributed by atoms with Gasteiger partial charge in [-0.25, -0.2) is 0 Å². The van der Waals surface area contributed by atoms with Crippen LogP contribution in [0.2, 0.25) is 0 Å². The van der Waals surface area contributed by atoms with E-state index in [1.807, 2.05) is 54.6 Å². The molecule has 0 unspecified atom stereocenters. The predicted octanol–water partition coefficient (Wildman–Crippen LogP) is 4.06. The van der Waals surface area contributed by atoms with Crippen LogP contribution in [0.5, 0.6) is 5.88 Å². The average molecular weight is 405 g/mol. The lowest BCUT2D eigenvalue weighted by Crippen LogP contribution is -2.22. The van der Waals surface area contributed by atoms with E-state index in [4.69, 9.17) is 4.84 Å². The molecule has 0 radical (unpaired) electrons. The Bertz CT molecular complexity index is 1070. The first-order valence-corrected chi connectivity index (χ1v) is 9.90. The number of carbonyl (C=O) groups is 1. The third kappa shape index (κ3) is 4.55. The van der Waals surface area contributed by atoms with E-state index < -0.39 is 5.91 Å². The largest absolute Gasteiger partial charge is 0.493 e. The number of amides is 1. The van der Waals surface area contributed by atoms with E-state index >= 15 is 0 Å². The molecule has 0 atom stereocenters. The Morgan fingerprint density at radius 1 is 1.07 bits per heavy atom. The monoisotopic (exact) mass is 405 g/mol. The molecule has 1 amide bonds. The van der Waals surface area contributed by atoms with Crippen molar-refractivity contribution in [3.05, 3.63) is 60.2 Å². The number of hydrogen-bond donors (Lipinski definition) is 1. The van der Waals surface area contributed by atoms with Crippen molar-refractivity contribution in [2.75, 3.05) is 19.7 Å². The summed E-state index contributed by atoms with van der Waals surface area (Å²) in [4.78, 5) is 19.3. The van der Waals surface area contributed by atoms with Crippen LogP contribution in [0.1, 0.15) is 18.4 Å². The molecule has 2 heterocycles. The van der Waals surface area contributed by atoms with E-state index in [-0.39, 0.29) is 18.2 Å². The molecule has 0 bridgehead atoms. The molecule has 1 aromatic heterocycles. The van der Waals surface area contributed by atoms with Crippen LogP contribution in [0.4, 0.5) is 5.69 Å². The molecule has 1 saturated heterocycles. The van der Waals surface area contributed by atoms with Crippen LogP contribution >= 0.6 is 0 Å². The number of rotatable bonds is 7. The highest BCUT2D eigenvalue weighted by atomic mass is 16.6. The first-order valence-electron chi connectivity index (χ1n) is 9.90. The molecule has 30 heavy (non-hydrogen) atoms. The number of aromatic nitrogens is 1. The molecule has 2 aromatic carbocycles. The number of nitrogens with zero attached hydrogens (tertiary/aromatic N) is 5. The molecule has 154 valence electrons. The minimum atomic E-state index is -0.587. The van der Waals surface area contributed by atoms with Crippen molar-refractivity contribution in [3.8, 4) is 5.88 Å². The summed E-state index contributed by atoms with van der Waals surface area (Å²) in [7, 11) is 0. The molecule has 1 fully saturated rings. The standard InChI is InChI=1S/C22H23N5O3/c28-20(15-30-23-14-17-8-2-1-3-9-17)24-25-21-18-10-4-5-11-19(18)27(22(21)29)16-26-12-6-7-13-26/h1-5,8-11,14,29H,6-7,12-13,15-16H2/b23-14+,25-24?. The van der Waals surface area contributed by atoms with Gasteiger partial charge in [-0.05, 0) is 37.6 Å². The third-order valence-electron chi connectivity index (χ3n) is 4.98. The van der Waals surface area contributed by atoms with Crippen LogP contribution in [0.15, 0.2) is 70.0 Å². The van der Waals surface area contributed by atoms with E-state index in [2.05, 4.69) is 20.3 Å². The lowest BCUT2D eigenvalue weighted by molar-refractivity contribution is -0.122. The van der Waals surface area contributed by atoms with Crippen LogP contribution in [-0.4, -0.2) is 46.4 Å². The van der Waals surface area contributed by atoms with Crippen molar-refractivity contribution in [2.24, 2.45) is 15.4 Å². The van der Waals surface area contributed by atoms with Gasteiger partial charge in [0.25, 0.3) is 0 Å². The number of fused-ring (bicyclic) bond motifs is 1. The molecule has 3 aromatic rings. The minimum Gasteiger partial charge on any atom is -0.493 e. The van der Waals surface area contributed by atoms with Crippen molar-refractivity contribution >= 4 is 28.7 Å². The first kappa shape index (κ1) is 19.8. The van der Waals surface area contributed by atoms with Gasteiger partial charge in [0.05, 0.1) is 18.4 Å². The number of para-hydroxylation sites is 1. The van der Waals surface area contributed by atoms with Crippen molar-refractivity contribution in [1.29, 1.82) is 0 Å². The summed E-state index contributed by atoms with van der Waals surface area (Å²) in [5, 5.41) is 23.0. The molecule has 1 N–H and O–H groups in total. The summed E-state index contributed by atoms with van der Waals surface area (Å²) in [5.41, 5.74) is 2.00. The minimum absolute atomic E-state index is 0.00247. The smallest absolute Gasteiger partial charge is 0.304 e. The highest BCUT2D eigenvalue weighted by Gasteiger charge is 2.20. The van der Waals surface area contributed by atoms with E-state index in [1.54, 1.807) is 4.57 Å². The van der Waals surface area contributed by atoms with Gasteiger partial charge in [-0.15, -0.1) is 10.2 Å². The number of carbonyl (C=O) groups excluding carboxylic acids is 1. The van der Waals surface area contributed by atoms with Crippen molar-refractivity contribution in [1.82, 2.24) is 9.47 Å². The Hall–Kier alpha value is -3.52. The van der Waals surface area contributed by atoms with Crippen LogP contribution < -0.4 is 0 Å². The molecule has 0 saturated carbocycles. The number of aromatic hydroxyl groups is 1. The van der Waals surface area contributed by atoms with Crippen LogP contribution in [0.25, 0.3) is 10.9 Å². The summed E-state index contributed by atoms with van der Waals surface area (Å²) in [6.07, 6.45) is 3.84. The molecule has 0 aliphatic carbocycles. The molecule has 4 rings (SSSR count). The zero-order valence-electron chi connectivity index (χ0n) is 16.5. The van der Waals surface area contributed by atoms with Gasteiger partial charge in [0, 0.05) is 5.39 Å². The fourth-order valence-electron chi connectivity index (χ4n) is 3.50.